The van der Waals surface area contributed by atoms with Crippen LogP contribution in [0.4, 0.5) is 11.4 Å². The standard InChI is InChI=1S/C20H14N2O5/c23-17-9-10-18(24)21(17)13-1-5-15(6-2-13)27-16-7-3-14(4-8-16)22-19(25)11-12-20(22)26/h1-10H,11-12H2. The first-order valence-corrected chi connectivity index (χ1v) is 8.33. The van der Waals surface area contributed by atoms with Gasteiger partial charge in [-0.3, -0.25) is 24.1 Å². The molecule has 2 aliphatic heterocycles. The number of imide groups is 2. The molecule has 4 rings (SSSR count). The molecule has 2 aromatic carbocycles. The van der Waals surface area contributed by atoms with Gasteiger partial charge >= 0.3 is 0 Å². The van der Waals surface area contributed by atoms with E-state index in [1.165, 1.54) is 17.1 Å². The molecule has 2 heterocycles. The third-order valence-corrected chi connectivity index (χ3v) is 4.29. The van der Waals surface area contributed by atoms with Crippen LogP contribution in [0.2, 0.25) is 0 Å². The highest BCUT2D eigenvalue weighted by Gasteiger charge is 2.30. The molecule has 0 aliphatic carbocycles. The first kappa shape index (κ1) is 16.7. The van der Waals surface area contributed by atoms with Gasteiger partial charge in [-0.2, -0.15) is 0 Å². The molecule has 134 valence electrons. The molecule has 7 nitrogen and oxygen atoms in total. The van der Waals surface area contributed by atoms with E-state index in [4.69, 9.17) is 4.74 Å². The van der Waals surface area contributed by atoms with E-state index in [9.17, 15) is 19.2 Å². The van der Waals surface area contributed by atoms with Crippen LogP contribution >= 0.6 is 0 Å². The Labute approximate surface area is 154 Å². The van der Waals surface area contributed by atoms with Crippen molar-refractivity contribution in [1.29, 1.82) is 0 Å². The number of anilines is 2. The minimum absolute atomic E-state index is 0.204. The molecule has 0 N–H and O–H groups in total. The lowest BCUT2D eigenvalue weighted by Gasteiger charge is -2.15. The van der Waals surface area contributed by atoms with Crippen molar-refractivity contribution in [3.8, 4) is 11.5 Å². The van der Waals surface area contributed by atoms with Crippen LogP contribution in [0.5, 0.6) is 11.5 Å². The zero-order valence-corrected chi connectivity index (χ0v) is 14.1. The lowest BCUT2D eigenvalue weighted by Crippen LogP contribution is -2.29. The molecule has 4 amide bonds. The van der Waals surface area contributed by atoms with E-state index in [1.807, 2.05) is 0 Å². The number of ether oxygens (including phenoxy) is 1. The van der Waals surface area contributed by atoms with Crippen LogP contribution in [-0.2, 0) is 19.2 Å². The normalized spacial score (nSPS) is 16.6. The Hall–Kier alpha value is -3.74. The van der Waals surface area contributed by atoms with Gasteiger partial charge in [0.15, 0.2) is 0 Å². The number of carbonyl (C=O) groups excluding carboxylic acids is 4. The maximum Gasteiger partial charge on any atom is 0.258 e. The highest BCUT2D eigenvalue weighted by Crippen LogP contribution is 2.29. The maximum atomic E-state index is 11.8. The van der Waals surface area contributed by atoms with E-state index in [0.717, 1.165) is 4.90 Å². The van der Waals surface area contributed by atoms with Crippen molar-refractivity contribution in [3.63, 3.8) is 0 Å². The van der Waals surface area contributed by atoms with Crippen molar-refractivity contribution >= 4 is 35.0 Å². The van der Waals surface area contributed by atoms with E-state index in [2.05, 4.69) is 0 Å². The number of benzene rings is 2. The summed E-state index contributed by atoms with van der Waals surface area (Å²) < 4.78 is 5.73. The molecule has 0 atom stereocenters. The van der Waals surface area contributed by atoms with Crippen LogP contribution in [0.25, 0.3) is 0 Å². The van der Waals surface area contributed by atoms with Crippen LogP contribution in [0, 0.1) is 0 Å². The molecule has 0 unspecified atom stereocenters. The van der Waals surface area contributed by atoms with Gasteiger partial charge in [-0.15, -0.1) is 0 Å². The van der Waals surface area contributed by atoms with Crippen LogP contribution in [0.15, 0.2) is 60.7 Å². The molecule has 1 fully saturated rings. The predicted molar refractivity (Wildman–Crippen MR) is 96.3 cm³/mol. The van der Waals surface area contributed by atoms with Crippen LogP contribution in [0.3, 0.4) is 0 Å². The summed E-state index contributed by atoms with van der Waals surface area (Å²) in [6.07, 6.45) is 2.93. The summed E-state index contributed by atoms with van der Waals surface area (Å²) in [6.45, 7) is 0. The molecular weight excluding hydrogens is 348 g/mol. The Kier molecular flexibility index (Phi) is 4.04. The van der Waals surface area contributed by atoms with Gasteiger partial charge in [0, 0.05) is 25.0 Å². The first-order valence-electron chi connectivity index (χ1n) is 8.33. The van der Waals surface area contributed by atoms with Crippen molar-refractivity contribution in [2.75, 3.05) is 9.80 Å². The second-order valence-corrected chi connectivity index (χ2v) is 6.06. The van der Waals surface area contributed by atoms with Gasteiger partial charge in [0.2, 0.25) is 11.8 Å². The summed E-state index contributed by atoms with van der Waals surface area (Å²) in [5.41, 5.74) is 0.979. The molecule has 27 heavy (non-hydrogen) atoms. The number of nitrogens with zero attached hydrogens (tertiary/aromatic N) is 2. The van der Waals surface area contributed by atoms with E-state index < -0.39 is 0 Å². The third kappa shape index (κ3) is 3.10. The van der Waals surface area contributed by atoms with Crippen LogP contribution < -0.4 is 14.5 Å². The Morgan fingerprint density at radius 1 is 0.593 bits per heavy atom. The molecule has 2 aliphatic rings. The van der Waals surface area contributed by atoms with Crippen molar-refractivity contribution in [2.24, 2.45) is 0 Å². The van der Waals surface area contributed by atoms with E-state index >= 15 is 0 Å². The quantitative estimate of drug-likeness (QED) is 0.781. The van der Waals surface area contributed by atoms with Gasteiger partial charge in [0.05, 0.1) is 11.4 Å². The highest BCUT2D eigenvalue weighted by atomic mass is 16.5. The van der Waals surface area contributed by atoms with Gasteiger partial charge in [-0.05, 0) is 48.5 Å². The fourth-order valence-electron chi connectivity index (χ4n) is 2.98. The van der Waals surface area contributed by atoms with Crippen molar-refractivity contribution in [1.82, 2.24) is 0 Å². The second-order valence-electron chi connectivity index (χ2n) is 6.06. The minimum Gasteiger partial charge on any atom is -0.457 e. The largest absolute Gasteiger partial charge is 0.457 e. The average Bonchev–Trinajstić information content (AvgIpc) is 3.18. The van der Waals surface area contributed by atoms with Gasteiger partial charge in [0.1, 0.15) is 11.5 Å². The highest BCUT2D eigenvalue weighted by molar-refractivity contribution is 6.28. The smallest absolute Gasteiger partial charge is 0.258 e. The van der Waals surface area contributed by atoms with E-state index in [1.54, 1.807) is 48.5 Å². The molecule has 0 aromatic heterocycles. The Bertz CT molecular complexity index is 899. The summed E-state index contributed by atoms with van der Waals surface area (Å²) in [6, 6.07) is 13.2. The minimum atomic E-state index is -0.379. The molecule has 1 saturated heterocycles. The van der Waals surface area contributed by atoms with E-state index in [-0.39, 0.29) is 36.5 Å². The third-order valence-electron chi connectivity index (χ3n) is 4.29. The molecule has 2 aromatic rings. The van der Waals surface area contributed by atoms with Gasteiger partial charge in [-0.1, -0.05) is 0 Å². The molecule has 0 radical (unpaired) electrons. The SMILES string of the molecule is O=C1C=CC(=O)N1c1ccc(Oc2ccc(N3C(=O)CCC3=O)cc2)cc1. The summed E-state index contributed by atoms with van der Waals surface area (Å²) in [4.78, 5) is 49.1. The monoisotopic (exact) mass is 362 g/mol. The van der Waals surface area contributed by atoms with Crippen LogP contribution in [0.1, 0.15) is 12.8 Å². The average molecular weight is 362 g/mol. The zero-order valence-electron chi connectivity index (χ0n) is 14.1. The second kappa shape index (κ2) is 6.53. The summed E-state index contributed by atoms with van der Waals surface area (Å²) in [5, 5.41) is 0. The van der Waals surface area contributed by atoms with Crippen molar-refractivity contribution < 1.29 is 23.9 Å². The molecule has 0 spiro atoms. The number of hydrogen-bond donors (Lipinski definition) is 0. The fourth-order valence-corrected chi connectivity index (χ4v) is 2.98. The summed E-state index contributed by atoms with van der Waals surface area (Å²) >= 11 is 0. The Balaban J connectivity index is 1.46. The number of rotatable bonds is 4. The summed E-state index contributed by atoms with van der Waals surface area (Å²) in [5.74, 6) is -0.118. The maximum absolute atomic E-state index is 11.8. The van der Waals surface area contributed by atoms with Gasteiger partial charge in [-0.25, -0.2) is 4.90 Å². The first-order chi connectivity index (χ1) is 13.0. The lowest BCUT2D eigenvalue weighted by atomic mass is 10.2. The molecular formula is C20H14N2O5. The summed E-state index contributed by atoms with van der Waals surface area (Å²) in [7, 11) is 0. The predicted octanol–water partition coefficient (Wildman–Crippen LogP) is 2.56. The van der Waals surface area contributed by atoms with E-state index in [0.29, 0.717) is 22.9 Å². The number of amides is 4. The van der Waals surface area contributed by atoms with Crippen molar-refractivity contribution in [3.05, 3.63) is 60.7 Å². The molecule has 0 bridgehead atoms. The molecule has 0 saturated carbocycles. The van der Waals surface area contributed by atoms with Crippen LogP contribution in [-0.4, -0.2) is 23.6 Å². The van der Waals surface area contributed by atoms with Gasteiger partial charge < -0.3 is 4.74 Å². The zero-order chi connectivity index (χ0) is 19.0. The Morgan fingerprint density at radius 3 is 1.44 bits per heavy atom. The lowest BCUT2D eigenvalue weighted by molar-refractivity contribution is -0.122. The van der Waals surface area contributed by atoms with Crippen molar-refractivity contribution in [2.45, 2.75) is 12.8 Å². The number of hydrogen-bond acceptors (Lipinski definition) is 5. The van der Waals surface area contributed by atoms with Gasteiger partial charge in [0.25, 0.3) is 11.8 Å². The topological polar surface area (TPSA) is 84.0 Å². The Morgan fingerprint density at radius 2 is 1.00 bits per heavy atom. The fraction of sp³-hybridized carbons (Fsp3) is 0.100. The number of carbonyl (C=O) groups is 4. The molecule has 7 heteroatoms.